The number of hydrogen-bond acceptors (Lipinski definition) is 2. The van der Waals surface area contributed by atoms with Crippen LogP contribution in [0.15, 0.2) is 84.9 Å². The summed E-state index contributed by atoms with van der Waals surface area (Å²) in [5, 5.41) is 0. The summed E-state index contributed by atoms with van der Waals surface area (Å²) in [6.45, 7) is 3.47. The molecule has 0 aromatic heterocycles. The Hall–Kier alpha value is -2.42. The summed E-state index contributed by atoms with van der Waals surface area (Å²) in [7, 11) is 0. The van der Waals surface area contributed by atoms with Crippen LogP contribution in [-0.2, 0) is 15.1 Å². The van der Waals surface area contributed by atoms with Crippen LogP contribution < -0.4 is 0 Å². The van der Waals surface area contributed by atoms with Gasteiger partial charge in [0.15, 0.2) is 0 Å². The van der Waals surface area contributed by atoms with E-state index in [1.165, 1.54) is 5.56 Å². The molecule has 1 aliphatic heterocycles. The van der Waals surface area contributed by atoms with E-state index < -0.39 is 5.60 Å². The van der Waals surface area contributed by atoms with Crippen molar-refractivity contribution in [2.24, 2.45) is 0 Å². The monoisotopic (exact) mass is 330 g/mol. The van der Waals surface area contributed by atoms with Gasteiger partial charge in [0.25, 0.3) is 0 Å². The van der Waals surface area contributed by atoms with E-state index in [0.717, 1.165) is 23.3 Å². The summed E-state index contributed by atoms with van der Waals surface area (Å²) in [5.41, 5.74) is 4.00. The molecule has 1 atom stereocenters. The van der Waals surface area contributed by atoms with E-state index in [4.69, 9.17) is 9.47 Å². The number of aryl methyl sites for hydroxylation is 1. The zero-order valence-electron chi connectivity index (χ0n) is 14.4. The molecular formula is C23H22O2. The lowest BCUT2D eigenvalue weighted by Crippen LogP contribution is -2.34. The first-order valence-electron chi connectivity index (χ1n) is 8.73. The van der Waals surface area contributed by atoms with Crippen LogP contribution in [0.5, 0.6) is 0 Å². The average Bonchev–Trinajstić information content (AvgIpc) is 3.50. The van der Waals surface area contributed by atoms with Gasteiger partial charge in [-0.05, 0) is 23.6 Å². The van der Waals surface area contributed by atoms with Crippen LogP contribution in [0.3, 0.4) is 0 Å². The van der Waals surface area contributed by atoms with Crippen LogP contribution in [0.2, 0.25) is 0 Å². The molecule has 0 aliphatic carbocycles. The minimum absolute atomic E-state index is 0.206. The average molecular weight is 330 g/mol. The predicted molar refractivity (Wildman–Crippen MR) is 99.6 cm³/mol. The summed E-state index contributed by atoms with van der Waals surface area (Å²) >= 11 is 0. The molecule has 25 heavy (non-hydrogen) atoms. The molecule has 2 heteroatoms. The molecule has 1 aliphatic rings. The predicted octanol–water partition coefficient (Wildman–Crippen LogP) is 4.70. The van der Waals surface area contributed by atoms with Gasteiger partial charge in [0.2, 0.25) is 0 Å². The number of hydrogen-bond donors (Lipinski definition) is 0. The highest BCUT2D eigenvalue weighted by molar-refractivity contribution is 5.48. The summed E-state index contributed by atoms with van der Waals surface area (Å²) in [6.07, 6.45) is 0.206. The van der Waals surface area contributed by atoms with Crippen molar-refractivity contribution in [3.63, 3.8) is 0 Å². The second-order valence-electron chi connectivity index (χ2n) is 6.55. The quantitative estimate of drug-likeness (QED) is 0.482. The van der Waals surface area contributed by atoms with Crippen molar-refractivity contribution in [2.45, 2.75) is 18.6 Å². The number of rotatable bonds is 6. The van der Waals surface area contributed by atoms with E-state index in [-0.39, 0.29) is 6.10 Å². The van der Waals surface area contributed by atoms with Crippen LogP contribution >= 0.6 is 0 Å². The summed E-state index contributed by atoms with van der Waals surface area (Å²) < 4.78 is 12.0. The number of epoxide rings is 1. The highest BCUT2D eigenvalue weighted by atomic mass is 16.6. The van der Waals surface area contributed by atoms with E-state index in [1.54, 1.807) is 0 Å². The lowest BCUT2D eigenvalue weighted by molar-refractivity contribution is 0.00430. The lowest BCUT2D eigenvalue weighted by Gasteiger charge is -2.36. The highest BCUT2D eigenvalue weighted by Gasteiger charge is 2.39. The van der Waals surface area contributed by atoms with E-state index in [9.17, 15) is 0 Å². The molecule has 2 nitrogen and oxygen atoms in total. The maximum absolute atomic E-state index is 6.63. The van der Waals surface area contributed by atoms with Gasteiger partial charge >= 0.3 is 0 Å². The van der Waals surface area contributed by atoms with Gasteiger partial charge in [-0.15, -0.1) is 0 Å². The molecule has 0 spiro atoms. The van der Waals surface area contributed by atoms with Crippen molar-refractivity contribution in [1.29, 1.82) is 0 Å². The molecule has 1 fully saturated rings. The van der Waals surface area contributed by atoms with E-state index >= 15 is 0 Å². The molecule has 1 saturated heterocycles. The fourth-order valence-electron chi connectivity index (χ4n) is 3.27. The highest BCUT2D eigenvalue weighted by Crippen LogP contribution is 2.41. The molecule has 0 amide bonds. The Morgan fingerprint density at radius 3 is 1.76 bits per heavy atom. The molecule has 3 aromatic rings. The molecular weight excluding hydrogens is 308 g/mol. The smallest absolute Gasteiger partial charge is 0.143 e. The fraction of sp³-hybridized carbons (Fsp3) is 0.217. The maximum Gasteiger partial charge on any atom is 0.143 e. The maximum atomic E-state index is 6.63. The number of ether oxygens (including phenoxy) is 2. The van der Waals surface area contributed by atoms with Crippen molar-refractivity contribution < 1.29 is 9.47 Å². The SMILES string of the molecule is Cc1ccc(C(OC[C@@H]2CO2)(c2ccccc2)c2ccccc2)cc1. The summed E-state index contributed by atoms with van der Waals surface area (Å²) in [5.74, 6) is 0. The minimum Gasteiger partial charge on any atom is -0.371 e. The molecule has 4 rings (SSSR count). The Labute approximate surface area is 149 Å². The molecule has 0 unspecified atom stereocenters. The summed E-state index contributed by atoms with van der Waals surface area (Å²) in [6, 6.07) is 29.5. The van der Waals surface area contributed by atoms with Gasteiger partial charge in [-0.3, -0.25) is 0 Å². The zero-order valence-corrected chi connectivity index (χ0v) is 14.4. The molecule has 0 radical (unpaired) electrons. The Morgan fingerprint density at radius 2 is 1.28 bits per heavy atom. The van der Waals surface area contributed by atoms with Crippen LogP contribution in [0.4, 0.5) is 0 Å². The first-order valence-corrected chi connectivity index (χ1v) is 8.73. The van der Waals surface area contributed by atoms with Crippen LogP contribution in [0.1, 0.15) is 22.3 Å². The van der Waals surface area contributed by atoms with Gasteiger partial charge in [0.1, 0.15) is 11.7 Å². The van der Waals surface area contributed by atoms with Gasteiger partial charge in [-0.2, -0.15) is 0 Å². The van der Waals surface area contributed by atoms with Crippen LogP contribution in [0, 0.1) is 6.92 Å². The minimum atomic E-state index is -0.637. The van der Waals surface area contributed by atoms with Gasteiger partial charge in [-0.25, -0.2) is 0 Å². The third kappa shape index (κ3) is 3.23. The first-order chi connectivity index (χ1) is 12.3. The Morgan fingerprint density at radius 1 is 0.800 bits per heavy atom. The van der Waals surface area contributed by atoms with Gasteiger partial charge in [0, 0.05) is 0 Å². The number of benzene rings is 3. The second kappa shape index (κ2) is 6.83. The van der Waals surface area contributed by atoms with Crippen LogP contribution in [0.25, 0.3) is 0 Å². The van der Waals surface area contributed by atoms with Crippen molar-refractivity contribution in [3.8, 4) is 0 Å². The Bertz CT molecular complexity index is 766. The van der Waals surface area contributed by atoms with Gasteiger partial charge in [-0.1, -0.05) is 90.5 Å². The molecule has 0 bridgehead atoms. The zero-order chi connectivity index (χ0) is 17.1. The largest absolute Gasteiger partial charge is 0.371 e. The van der Waals surface area contributed by atoms with E-state index in [2.05, 4.69) is 79.7 Å². The lowest BCUT2D eigenvalue weighted by atomic mass is 9.80. The second-order valence-corrected chi connectivity index (χ2v) is 6.55. The van der Waals surface area contributed by atoms with E-state index in [1.807, 2.05) is 12.1 Å². The Kier molecular flexibility index (Phi) is 4.39. The van der Waals surface area contributed by atoms with E-state index in [0.29, 0.717) is 6.61 Å². The Balaban J connectivity index is 1.91. The van der Waals surface area contributed by atoms with Crippen LogP contribution in [-0.4, -0.2) is 19.3 Å². The molecule has 1 heterocycles. The van der Waals surface area contributed by atoms with Crippen molar-refractivity contribution in [1.82, 2.24) is 0 Å². The topological polar surface area (TPSA) is 21.8 Å². The fourth-order valence-corrected chi connectivity index (χ4v) is 3.27. The van der Waals surface area contributed by atoms with Gasteiger partial charge < -0.3 is 9.47 Å². The summed E-state index contributed by atoms with van der Waals surface area (Å²) in [4.78, 5) is 0. The molecule has 0 saturated carbocycles. The third-order valence-electron chi connectivity index (χ3n) is 4.71. The standard InChI is InChI=1S/C23H22O2/c1-18-12-14-21(15-13-18)23(25-17-22-16-24-22,19-8-4-2-5-9-19)20-10-6-3-7-11-20/h2-15,22H,16-17H2,1H3/t22-/m0/s1. The van der Waals surface area contributed by atoms with Crippen molar-refractivity contribution in [2.75, 3.05) is 13.2 Å². The molecule has 0 N–H and O–H groups in total. The van der Waals surface area contributed by atoms with Gasteiger partial charge in [0.05, 0.1) is 13.2 Å². The molecule has 3 aromatic carbocycles. The first kappa shape index (κ1) is 16.1. The van der Waals surface area contributed by atoms with Crippen molar-refractivity contribution >= 4 is 0 Å². The van der Waals surface area contributed by atoms with Crippen molar-refractivity contribution in [3.05, 3.63) is 107 Å². The molecule has 126 valence electrons. The third-order valence-corrected chi connectivity index (χ3v) is 4.71. The normalized spacial score (nSPS) is 16.6.